The molecule has 0 amide bonds. The lowest BCUT2D eigenvalue weighted by atomic mass is 10.6. The highest BCUT2D eigenvalue weighted by molar-refractivity contribution is 5.61. The van der Waals surface area contributed by atoms with Crippen molar-refractivity contribution in [2.24, 2.45) is 0 Å². The van der Waals surface area contributed by atoms with Crippen LogP contribution < -0.4 is 0 Å². The molecule has 1 unspecified atom stereocenters. The maximum Gasteiger partial charge on any atom is 0.510 e. The molecule has 1 atom stereocenters. The second kappa shape index (κ2) is 3.22. The second-order valence-electron chi connectivity index (χ2n) is 1.73. The Labute approximate surface area is 58.4 Å². The van der Waals surface area contributed by atoms with Crippen LogP contribution in [0.3, 0.4) is 0 Å². The summed E-state index contributed by atoms with van der Waals surface area (Å²) < 4.78 is 13.9. The fourth-order valence-corrected chi connectivity index (χ4v) is 0.569. The van der Waals surface area contributed by atoms with E-state index in [-0.39, 0.29) is 6.61 Å². The number of ether oxygens (including phenoxy) is 3. The first kappa shape index (κ1) is 7.08. The average molecular weight is 144 g/mol. The van der Waals surface area contributed by atoms with Gasteiger partial charge in [-0.25, -0.2) is 4.79 Å². The van der Waals surface area contributed by atoms with Gasteiger partial charge in [-0.3, -0.25) is 0 Å². The molecule has 56 valence electrons. The Balaban J connectivity index is 2.18. The summed E-state index contributed by atoms with van der Waals surface area (Å²) in [4.78, 5) is 10.3. The minimum absolute atomic E-state index is 0.173. The Hall–Kier alpha value is -1.03. The van der Waals surface area contributed by atoms with Crippen molar-refractivity contribution < 1.29 is 19.0 Å². The van der Waals surface area contributed by atoms with Crippen LogP contribution in [0.1, 0.15) is 0 Å². The van der Waals surface area contributed by atoms with E-state index in [0.717, 1.165) is 0 Å². The van der Waals surface area contributed by atoms with Crippen LogP contribution in [-0.4, -0.2) is 25.7 Å². The van der Waals surface area contributed by atoms with Crippen LogP contribution in [0.2, 0.25) is 0 Å². The van der Waals surface area contributed by atoms with E-state index in [1.807, 2.05) is 0 Å². The van der Waals surface area contributed by atoms with Crippen LogP contribution in [0.4, 0.5) is 4.79 Å². The Morgan fingerprint density at radius 3 is 3.20 bits per heavy atom. The molecule has 1 aliphatic rings. The third-order valence-corrected chi connectivity index (χ3v) is 0.965. The summed E-state index contributed by atoms with van der Waals surface area (Å²) >= 11 is 0. The number of rotatable bonds is 3. The molecule has 0 radical (unpaired) electrons. The molecule has 1 saturated heterocycles. The maximum absolute atomic E-state index is 10.3. The molecule has 0 N–H and O–H groups in total. The zero-order valence-electron chi connectivity index (χ0n) is 5.41. The highest BCUT2D eigenvalue weighted by Gasteiger charge is 2.24. The summed E-state index contributed by atoms with van der Waals surface area (Å²) in [5.74, 6) is 0. The molecule has 1 heterocycles. The first-order valence-electron chi connectivity index (χ1n) is 2.89. The van der Waals surface area contributed by atoms with E-state index in [1.165, 1.54) is 0 Å². The van der Waals surface area contributed by atoms with Gasteiger partial charge in [0, 0.05) is 0 Å². The third kappa shape index (κ3) is 1.73. The Morgan fingerprint density at radius 1 is 1.90 bits per heavy atom. The van der Waals surface area contributed by atoms with E-state index in [1.54, 1.807) is 6.08 Å². The number of hydrogen-bond donors (Lipinski definition) is 0. The maximum atomic E-state index is 10.3. The van der Waals surface area contributed by atoms with Gasteiger partial charge in [0.05, 0.1) is 6.61 Å². The van der Waals surface area contributed by atoms with Gasteiger partial charge in [-0.15, -0.1) is 6.58 Å². The predicted molar refractivity (Wildman–Crippen MR) is 32.4 cm³/mol. The van der Waals surface area contributed by atoms with Crippen LogP contribution in [0.5, 0.6) is 0 Å². The fraction of sp³-hybridized carbons (Fsp3) is 0.500. The summed E-state index contributed by atoms with van der Waals surface area (Å²) in [5, 5.41) is 0. The zero-order chi connectivity index (χ0) is 7.40. The van der Waals surface area contributed by atoms with Crippen LogP contribution in [0, 0.1) is 0 Å². The smallest absolute Gasteiger partial charge is 0.428 e. The fourth-order valence-electron chi connectivity index (χ4n) is 0.569. The van der Waals surface area contributed by atoms with Gasteiger partial charge in [-0.1, -0.05) is 6.08 Å². The van der Waals surface area contributed by atoms with Gasteiger partial charge in [0.1, 0.15) is 0 Å². The molecule has 1 fully saturated rings. The van der Waals surface area contributed by atoms with Crippen LogP contribution in [-0.2, 0) is 14.2 Å². The minimum atomic E-state index is -0.672. The van der Waals surface area contributed by atoms with Crippen molar-refractivity contribution in [2.45, 2.75) is 6.29 Å². The quantitative estimate of drug-likeness (QED) is 0.431. The van der Waals surface area contributed by atoms with Gasteiger partial charge in [-0.05, 0) is 0 Å². The summed E-state index contributed by atoms with van der Waals surface area (Å²) in [5.41, 5.74) is 0. The lowest BCUT2D eigenvalue weighted by Gasteiger charge is -2.03. The predicted octanol–water partition coefficient (Wildman–Crippen LogP) is 0.682. The molecule has 0 aliphatic carbocycles. The normalized spacial score (nSPS) is 23.6. The molecular formula is C6H8O4. The van der Waals surface area contributed by atoms with Gasteiger partial charge in [0.25, 0.3) is 0 Å². The summed E-state index contributed by atoms with van der Waals surface area (Å²) in [6, 6.07) is 0. The van der Waals surface area contributed by atoms with E-state index in [4.69, 9.17) is 4.74 Å². The molecule has 1 aliphatic heterocycles. The van der Waals surface area contributed by atoms with Gasteiger partial charge < -0.3 is 14.2 Å². The second-order valence-corrected chi connectivity index (χ2v) is 1.73. The number of carbonyl (C=O) groups is 1. The van der Waals surface area contributed by atoms with E-state index in [9.17, 15) is 4.79 Å². The number of hydrogen-bond acceptors (Lipinski definition) is 4. The van der Waals surface area contributed by atoms with Crippen molar-refractivity contribution in [2.75, 3.05) is 13.2 Å². The van der Waals surface area contributed by atoms with Gasteiger partial charge in [0.2, 0.25) is 6.29 Å². The molecular weight excluding hydrogens is 136 g/mol. The largest absolute Gasteiger partial charge is 0.510 e. The lowest BCUT2D eigenvalue weighted by Crippen LogP contribution is -2.14. The standard InChI is InChI=1S/C6H8O4/c1-2-3-8-5-4-9-6(7)10-5/h2,5H,1,3-4H2. The lowest BCUT2D eigenvalue weighted by molar-refractivity contribution is -0.0660. The van der Waals surface area contributed by atoms with Crippen molar-refractivity contribution in [1.82, 2.24) is 0 Å². The average Bonchev–Trinajstić information content (AvgIpc) is 2.31. The highest BCUT2D eigenvalue weighted by atomic mass is 16.8. The summed E-state index contributed by atoms with van der Waals surface area (Å²) in [6.07, 6.45) is 0.353. The molecule has 4 nitrogen and oxygen atoms in total. The van der Waals surface area contributed by atoms with E-state index in [0.29, 0.717) is 6.61 Å². The zero-order valence-corrected chi connectivity index (χ0v) is 5.41. The Kier molecular flexibility index (Phi) is 2.28. The van der Waals surface area contributed by atoms with Crippen LogP contribution >= 0.6 is 0 Å². The van der Waals surface area contributed by atoms with E-state index < -0.39 is 12.4 Å². The molecule has 0 aromatic rings. The number of carbonyl (C=O) groups excluding carboxylic acids is 1. The van der Waals surface area contributed by atoms with Crippen molar-refractivity contribution in [1.29, 1.82) is 0 Å². The highest BCUT2D eigenvalue weighted by Crippen LogP contribution is 2.06. The van der Waals surface area contributed by atoms with E-state index in [2.05, 4.69) is 16.1 Å². The summed E-state index contributed by atoms with van der Waals surface area (Å²) in [7, 11) is 0. The Bertz CT molecular complexity index is 143. The Morgan fingerprint density at radius 2 is 2.70 bits per heavy atom. The molecule has 10 heavy (non-hydrogen) atoms. The monoisotopic (exact) mass is 144 g/mol. The van der Waals surface area contributed by atoms with Gasteiger partial charge in [-0.2, -0.15) is 0 Å². The molecule has 0 saturated carbocycles. The molecule has 0 aromatic heterocycles. The van der Waals surface area contributed by atoms with Crippen molar-refractivity contribution in [3.8, 4) is 0 Å². The number of cyclic esters (lactones) is 2. The van der Waals surface area contributed by atoms with Crippen LogP contribution in [0.15, 0.2) is 12.7 Å². The first-order chi connectivity index (χ1) is 4.83. The van der Waals surface area contributed by atoms with Crippen molar-refractivity contribution in [3.63, 3.8) is 0 Å². The topological polar surface area (TPSA) is 44.8 Å². The molecule has 0 bridgehead atoms. The van der Waals surface area contributed by atoms with Gasteiger partial charge in [0.15, 0.2) is 6.61 Å². The van der Waals surface area contributed by atoms with E-state index >= 15 is 0 Å². The van der Waals surface area contributed by atoms with Crippen LogP contribution in [0.25, 0.3) is 0 Å². The summed E-state index contributed by atoms with van der Waals surface area (Å²) in [6.45, 7) is 3.97. The first-order valence-corrected chi connectivity index (χ1v) is 2.89. The molecule has 0 spiro atoms. The van der Waals surface area contributed by atoms with Crippen molar-refractivity contribution >= 4 is 6.16 Å². The third-order valence-electron chi connectivity index (χ3n) is 0.965. The SMILES string of the molecule is C=CCOC1COC(=O)O1. The molecule has 0 aromatic carbocycles. The molecule has 1 rings (SSSR count). The minimum Gasteiger partial charge on any atom is -0.428 e. The molecule has 4 heteroatoms. The van der Waals surface area contributed by atoms with Gasteiger partial charge >= 0.3 is 6.16 Å². The van der Waals surface area contributed by atoms with Crippen molar-refractivity contribution in [3.05, 3.63) is 12.7 Å².